The molecule has 0 radical (unpaired) electrons. The van der Waals surface area contributed by atoms with E-state index in [0.29, 0.717) is 5.56 Å². The normalized spacial score (nSPS) is 9.39. The van der Waals surface area contributed by atoms with Crippen LogP contribution >= 0.6 is 0 Å². The predicted molar refractivity (Wildman–Crippen MR) is 70.3 cm³/mol. The van der Waals surface area contributed by atoms with Crippen molar-refractivity contribution in [3.8, 4) is 11.8 Å². The molecule has 0 fully saturated rings. The average Bonchev–Trinajstić information content (AvgIpc) is 2.38. The van der Waals surface area contributed by atoms with Crippen LogP contribution in [0.1, 0.15) is 16.7 Å². The molecular weight excluding hydrogens is 226 g/mol. The summed E-state index contributed by atoms with van der Waals surface area (Å²) in [7, 11) is 0. The smallest absolute Gasteiger partial charge is 0.258 e. The van der Waals surface area contributed by atoms with Gasteiger partial charge >= 0.3 is 0 Å². The zero-order valence-corrected chi connectivity index (χ0v) is 9.88. The summed E-state index contributed by atoms with van der Waals surface area (Å²) in [5, 5.41) is 10.8. The Balaban J connectivity index is 2.35. The zero-order valence-electron chi connectivity index (χ0n) is 9.88. The fourth-order valence-electron chi connectivity index (χ4n) is 1.51. The quantitative estimate of drug-likeness (QED) is 0.434. The van der Waals surface area contributed by atoms with E-state index < -0.39 is 4.92 Å². The van der Waals surface area contributed by atoms with E-state index in [1.165, 1.54) is 6.07 Å². The minimum absolute atomic E-state index is 0.0390. The number of nitro groups is 1. The highest BCUT2D eigenvalue weighted by Gasteiger charge is 2.09. The number of aryl methyl sites for hydroxylation is 1. The van der Waals surface area contributed by atoms with Crippen molar-refractivity contribution in [2.45, 2.75) is 6.92 Å². The summed E-state index contributed by atoms with van der Waals surface area (Å²) in [5.74, 6) is 5.77. The molecule has 0 N–H and O–H groups in total. The molecule has 2 aromatic carbocycles. The van der Waals surface area contributed by atoms with Gasteiger partial charge in [-0.1, -0.05) is 41.7 Å². The summed E-state index contributed by atoms with van der Waals surface area (Å²) in [6.07, 6.45) is 0. The monoisotopic (exact) mass is 237 g/mol. The molecule has 3 nitrogen and oxygen atoms in total. The third-order valence-electron chi connectivity index (χ3n) is 2.49. The molecule has 0 spiro atoms. The van der Waals surface area contributed by atoms with Crippen LogP contribution in [0.5, 0.6) is 0 Å². The molecule has 0 saturated carbocycles. The molecule has 3 heteroatoms. The first-order valence-corrected chi connectivity index (χ1v) is 5.49. The molecule has 0 unspecified atom stereocenters. The first-order chi connectivity index (χ1) is 8.66. The van der Waals surface area contributed by atoms with E-state index >= 15 is 0 Å². The molecule has 2 aromatic rings. The predicted octanol–water partition coefficient (Wildman–Crippen LogP) is 3.30. The number of hydrogen-bond acceptors (Lipinski definition) is 2. The number of benzene rings is 2. The van der Waals surface area contributed by atoms with Crippen molar-refractivity contribution in [1.82, 2.24) is 0 Å². The van der Waals surface area contributed by atoms with Crippen molar-refractivity contribution in [3.05, 3.63) is 75.3 Å². The molecule has 0 bridgehead atoms. The topological polar surface area (TPSA) is 43.1 Å². The molecule has 0 aromatic heterocycles. The maximum Gasteiger partial charge on any atom is 0.284 e. The zero-order chi connectivity index (χ0) is 13.0. The Morgan fingerprint density at radius 3 is 2.33 bits per heavy atom. The van der Waals surface area contributed by atoms with Gasteiger partial charge in [0.1, 0.15) is 5.56 Å². The fourth-order valence-corrected chi connectivity index (χ4v) is 1.51. The van der Waals surface area contributed by atoms with Gasteiger partial charge in [0.05, 0.1) is 4.92 Å². The third kappa shape index (κ3) is 2.74. The van der Waals surface area contributed by atoms with Crippen LogP contribution in [0.3, 0.4) is 0 Å². The van der Waals surface area contributed by atoms with Gasteiger partial charge in [-0.3, -0.25) is 10.1 Å². The minimum atomic E-state index is -0.418. The molecule has 0 amide bonds. The summed E-state index contributed by atoms with van der Waals surface area (Å²) in [5.41, 5.74) is 2.48. The molecule has 88 valence electrons. The molecule has 0 saturated heterocycles. The second-order valence-electron chi connectivity index (χ2n) is 3.89. The lowest BCUT2D eigenvalue weighted by molar-refractivity contribution is -0.385. The van der Waals surface area contributed by atoms with Gasteiger partial charge in [0, 0.05) is 11.6 Å². The standard InChI is InChI=1S/C15H11NO2/c1-12-6-8-13(9-7-12)10-11-14-4-2-3-5-15(14)16(17)18/h2-9H,1H3. The van der Waals surface area contributed by atoms with Crippen LogP contribution in [-0.2, 0) is 0 Å². The summed E-state index contributed by atoms with van der Waals surface area (Å²) in [4.78, 5) is 10.4. The summed E-state index contributed by atoms with van der Waals surface area (Å²) in [6.45, 7) is 2.00. The van der Waals surface area contributed by atoms with E-state index in [2.05, 4.69) is 11.8 Å². The highest BCUT2D eigenvalue weighted by atomic mass is 16.6. The van der Waals surface area contributed by atoms with E-state index in [1.54, 1.807) is 18.2 Å². The van der Waals surface area contributed by atoms with Crippen LogP contribution in [0.4, 0.5) is 5.69 Å². The maximum atomic E-state index is 10.8. The van der Waals surface area contributed by atoms with Gasteiger partial charge in [0.2, 0.25) is 0 Å². The van der Waals surface area contributed by atoms with E-state index in [0.717, 1.165) is 11.1 Å². The lowest BCUT2D eigenvalue weighted by Crippen LogP contribution is -1.91. The van der Waals surface area contributed by atoms with Gasteiger partial charge in [-0.25, -0.2) is 0 Å². The molecule has 2 rings (SSSR count). The first kappa shape index (κ1) is 11.9. The summed E-state index contributed by atoms with van der Waals surface area (Å²) in [6, 6.07) is 14.2. The number of para-hydroxylation sites is 1. The van der Waals surface area contributed by atoms with Crippen molar-refractivity contribution in [2.75, 3.05) is 0 Å². The average molecular weight is 237 g/mol. The highest BCUT2D eigenvalue weighted by Crippen LogP contribution is 2.16. The Hall–Kier alpha value is -2.60. The molecule has 18 heavy (non-hydrogen) atoms. The van der Waals surface area contributed by atoms with E-state index in [-0.39, 0.29) is 5.69 Å². The maximum absolute atomic E-state index is 10.8. The first-order valence-electron chi connectivity index (χ1n) is 5.49. The van der Waals surface area contributed by atoms with Gasteiger partial charge in [-0.15, -0.1) is 0 Å². The molecule has 0 aliphatic carbocycles. The Bertz CT molecular complexity index is 634. The third-order valence-corrected chi connectivity index (χ3v) is 2.49. The van der Waals surface area contributed by atoms with Crippen molar-refractivity contribution >= 4 is 5.69 Å². The largest absolute Gasteiger partial charge is 0.284 e. The highest BCUT2D eigenvalue weighted by molar-refractivity contribution is 5.53. The van der Waals surface area contributed by atoms with Gasteiger partial charge < -0.3 is 0 Å². The van der Waals surface area contributed by atoms with Crippen LogP contribution in [-0.4, -0.2) is 4.92 Å². The van der Waals surface area contributed by atoms with Gasteiger partial charge in [-0.2, -0.15) is 0 Å². The van der Waals surface area contributed by atoms with Crippen LogP contribution in [0, 0.1) is 28.9 Å². The SMILES string of the molecule is Cc1ccc(C#Cc2ccccc2[N+](=O)[O-])cc1. The molecule has 0 atom stereocenters. The van der Waals surface area contributed by atoms with Gasteiger partial charge in [-0.05, 0) is 25.1 Å². The number of hydrogen-bond donors (Lipinski definition) is 0. The Morgan fingerprint density at radius 2 is 1.67 bits per heavy atom. The second-order valence-corrected chi connectivity index (χ2v) is 3.89. The lowest BCUT2D eigenvalue weighted by atomic mass is 10.1. The number of nitro benzene ring substituents is 1. The van der Waals surface area contributed by atoms with Crippen LogP contribution < -0.4 is 0 Å². The lowest BCUT2D eigenvalue weighted by Gasteiger charge is -1.94. The Kier molecular flexibility index (Phi) is 3.40. The second kappa shape index (κ2) is 5.15. The molecule has 0 heterocycles. The number of rotatable bonds is 1. The van der Waals surface area contributed by atoms with E-state index in [1.807, 2.05) is 31.2 Å². The van der Waals surface area contributed by atoms with E-state index in [4.69, 9.17) is 0 Å². The van der Waals surface area contributed by atoms with Gasteiger partial charge in [0.15, 0.2) is 0 Å². The van der Waals surface area contributed by atoms with Crippen LogP contribution in [0.15, 0.2) is 48.5 Å². The van der Waals surface area contributed by atoms with Gasteiger partial charge in [0.25, 0.3) is 5.69 Å². The molecular formula is C15H11NO2. The molecule has 0 aliphatic heterocycles. The van der Waals surface area contributed by atoms with Crippen molar-refractivity contribution in [2.24, 2.45) is 0 Å². The van der Waals surface area contributed by atoms with Crippen LogP contribution in [0.25, 0.3) is 0 Å². The summed E-state index contributed by atoms with van der Waals surface area (Å²) < 4.78 is 0. The summed E-state index contributed by atoms with van der Waals surface area (Å²) >= 11 is 0. The fraction of sp³-hybridized carbons (Fsp3) is 0.0667. The van der Waals surface area contributed by atoms with Crippen molar-refractivity contribution < 1.29 is 4.92 Å². The van der Waals surface area contributed by atoms with E-state index in [9.17, 15) is 10.1 Å². The Morgan fingerprint density at radius 1 is 1.00 bits per heavy atom. The molecule has 0 aliphatic rings. The van der Waals surface area contributed by atoms with Crippen molar-refractivity contribution in [3.63, 3.8) is 0 Å². The Labute approximate surface area is 105 Å². The minimum Gasteiger partial charge on any atom is -0.258 e. The van der Waals surface area contributed by atoms with Crippen molar-refractivity contribution in [1.29, 1.82) is 0 Å². The van der Waals surface area contributed by atoms with Crippen LogP contribution in [0.2, 0.25) is 0 Å². The number of nitrogens with zero attached hydrogens (tertiary/aromatic N) is 1.